The molecule has 3 rings (SSSR count). The lowest BCUT2D eigenvalue weighted by atomic mass is 10.1. The van der Waals surface area contributed by atoms with Crippen LogP contribution in [0.4, 0.5) is 5.69 Å². The molecule has 2 N–H and O–H groups in total. The zero-order valence-corrected chi connectivity index (χ0v) is 20.2. The van der Waals surface area contributed by atoms with Crippen LogP contribution in [0.15, 0.2) is 23.2 Å². The Bertz CT molecular complexity index is 797. The molecule has 0 bridgehead atoms. The third-order valence-corrected chi connectivity index (χ3v) is 7.29. The van der Waals surface area contributed by atoms with Gasteiger partial charge in [0.2, 0.25) is 0 Å². The molecule has 0 aromatic heterocycles. The molecule has 28 heavy (non-hydrogen) atoms. The Morgan fingerprint density at radius 1 is 1.29 bits per heavy atom. The molecule has 158 valence electrons. The Hall–Kier alpha value is -0.780. The third-order valence-electron chi connectivity index (χ3n) is 5.17. The van der Waals surface area contributed by atoms with E-state index in [1.165, 1.54) is 0 Å². The molecule has 0 radical (unpaired) electrons. The second kappa shape index (κ2) is 10.3. The molecule has 0 aliphatic carbocycles. The molecule has 2 aliphatic heterocycles. The SMILES string of the molecule is CN=C(NCc1c(Cl)cccc1N1CCN(C)CC1)NC1CCS(=O)(=O)C1.I. The number of benzene rings is 1. The van der Waals surface area contributed by atoms with Crippen LogP contribution in [0.2, 0.25) is 5.02 Å². The minimum atomic E-state index is -2.93. The number of halogens is 2. The van der Waals surface area contributed by atoms with Crippen molar-refractivity contribution in [3.8, 4) is 0 Å². The van der Waals surface area contributed by atoms with Gasteiger partial charge >= 0.3 is 0 Å². The van der Waals surface area contributed by atoms with E-state index in [1.807, 2.05) is 12.1 Å². The van der Waals surface area contributed by atoms with E-state index in [2.05, 4.69) is 38.5 Å². The van der Waals surface area contributed by atoms with Gasteiger partial charge in [-0.05, 0) is 25.6 Å². The molecule has 1 aromatic carbocycles. The summed E-state index contributed by atoms with van der Waals surface area (Å²) in [7, 11) is 0.897. The Labute approximate surface area is 189 Å². The lowest BCUT2D eigenvalue weighted by Gasteiger charge is -2.35. The maximum atomic E-state index is 11.7. The van der Waals surface area contributed by atoms with Gasteiger partial charge < -0.3 is 20.4 Å². The van der Waals surface area contributed by atoms with Gasteiger partial charge in [-0.1, -0.05) is 17.7 Å². The van der Waals surface area contributed by atoms with Crippen LogP contribution >= 0.6 is 35.6 Å². The quantitative estimate of drug-likeness (QED) is 0.342. The monoisotopic (exact) mass is 541 g/mol. The molecule has 0 spiro atoms. The number of hydrogen-bond donors (Lipinski definition) is 2. The molecule has 2 aliphatic rings. The first-order valence-corrected chi connectivity index (χ1v) is 11.5. The Balaban J connectivity index is 0.00000280. The van der Waals surface area contributed by atoms with Crippen LogP contribution in [0.25, 0.3) is 0 Å². The first-order chi connectivity index (χ1) is 12.9. The van der Waals surface area contributed by atoms with E-state index in [4.69, 9.17) is 11.6 Å². The molecule has 7 nitrogen and oxygen atoms in total. The second-order valence-corrected chi connectivity index (χ2v) is 9.83. The smallest absolute Gasteiger partial charge is 0.191 e. The van der Waals surface area contributed by atoms with Crippen molar-refractivity contribution in [3.05, 3.63) is 28.8 Å². The van der Waals surface area contributed by atoms with Gasteiger partial charge in [-0.15, -0.1) is 24.0 Å². The average molecular weight is 542 g/mol. The van der Waals surface area contributed by atoms with Crippen LogP contribution in [0.5, 0.6) is 0 Å². The molecule has 1 aromatic rings. The van der Waals surface area contributed by atoms with Crippen molar-refractivity contribution in [1.29, 1.82) is 0 Å². The van der Waals surface area contributed by atoms with Crippen LogP contribution in [-0.4, -0.2) is 77.1 Å². The van der Waals surface area contributed by atoms with E-state index in [-0.39, 0.29) is 41.5 Å². The summed E-state index contributed by atoms with van der Waals surface area (Å²) in [6, 6.07) is 5.89. The summed E-state index contributed by atoms with van der Waals surface area (Å²) >= 11 is 6.49. The van der Waals surface area contributed by atoms with Gasteiger partial charge in [-0.3, -0.25) is 4.99 Å². The molecular weight excluding hydrogens is 513 g/mol. The predicted molar refractivity (Wildman–Crippen MR) is 127 cm³/mol. The highest BCUT2D eigenvalue weighted by Crippen LogP contribution is 2.28. The molecule has 1 unspecified atom stereocenters. The molecule has 1 atom stereocenters. The summed E-state index contributed by atoms with van der Waals surface area (Å²) in [5, 5.41) is 7.22. The number of hydrogen-bond acceptors (Lipinski definition) is 5. The Kier molecular flexibility index (Phi) is 8.65. The van der Waals surface area contributed by atoms with E-state index in [0.29, 0.717) is 18.9 Å². The van der Waals surface area contributed by atoms with E-state index < -0.39 is 9.84 Å². The van der Waals surface area contributed by atoms with Crippen LogP contribution in [0.1, 0.15) is 12.0 Å². The van der Waals surface area contributed by atoms with Gasteiger partial charge in [0.25, 0.3) is 0 Å². The Morgan fingerprint density at radius 2 is 2.00 bits per heavy atom. The number of nitrogens with zero attached hydrogens (tertiary/aromatic N) is 3. The standard InChI is InChI=1S/C18H28ClN5O2S.HI/c1-20-18(22-14-6-11-27(25,26)13-14)21-12-15-16(19)4-3-5-17(15)24-9-7-23(2)8-10-24;/h3-5,14H,6-13H2,1-2H3,(H2,20,21,22);1H. The highest BCUT2D eigenvalue weighted by Gasteiger charge is 2.28. The summed E-state index contributed by atoms with van der Waals surface area (Å²) < 4.78 is 23.3. The summed E-state index contributed by atoms with van der Waals surface area (Å²) in [5.74, 6) is 0.993. The number of rotatable bonds is 4. The van der Waals surface area contributed by atoms with Crippen molar-refractivity contribution in [1.82, 2.24) is 15.5 Å². The van der Waals surface area contributed by atoms with Crippen LogP contribution in [-0.2, 0) is 16.4 Å². The topological polar surface area (TPSA) is 77.0 Å². The lowest BCUT2D eigenvalue weighted by Crippen LogP contribution is -2.45. The van der Waals surface area contributed by atoms with Crippen LogP contribution in [0.3, 0.4) is 0 Å². The number of aliphatic imine (C=N–C) groups is 1. The van der Waals surface area contributed by atoms with Gasteiger partial charge in [-0.25, -0.2) is 8.42 Å². The van der Waals surface area contributed by atoms with Gasteiger partial charge in [0.05, 0.1) is 11.5 Å². The summed E-state index contributed by atoms with van der Waals surface area (Å²) in [6.45, 7) is 4.52. The maximum absolute atomic E-state index is 11.7. The number of nitrogens with one attached hydrogen (secondary N) is 2. The maximum Gasteiger partial charge on any atom is 0.191 e. The molecule has 0 amide bonds. The van der Waals surface area contributed by atoms with Gasteiger partial charge in [0.1, 0.15) is 0 Å². The van der Waals surface area contributed by atoms with E-state index in [0.717, 1.165) is 42.5 Å². The van der Waals surface area contributed by atoms with Gasteiger partial charge in [0, 0.05) is 62.1 Å². The van der Waals surface area contributed by atoms with Crippen molar-refractivity contribution in [3.63, 3.8) is 0 Å². The molecule has 10 heteroatoms. The molecule has 0 saturated carbocycles. The lowest BCUT2D eigenvalue weighted by molar-refractivity contribution is 0.312. The van der Waals surface area contributed by atoms with Crippen molar-refractivity contribution in [2.75, 3.05) is 56.7 Å². The summed E-state index contributed by atoms with van der Waals surface area (Å²) in [4.78, 5) is 8.92. The van der Waals surface area contributed by atoms with E-state index >= 15 is 0 Å². The number of guanidine groups is 1. The number of piperazine rings is 1. The zero-order chi connectivity index (χ0) is 19.4. The molecule has 2 saturated heterocycles. The van der Waals surface area contributed by atoms with Crippen LogP contribution < -0.4 is 15.5 Å². The first-order valence-electron chi connectivity index (χ1n) is 9.26. The average Bonchev–Trinajstić information content (AvgIpc) is 2.98. The minimum Gasteiger partial charge on any atom is -0.369 e. The Morgan fingerprint density at radius 3 is 2.61 bits per heavy atom. The number of sulfone groups is 1. The highest BCUT2D eigenvalue weighted by atomic mass is 127. The predicted octanol–water partition coefficient (Wildman–Crippen LogP) is 1.56. The first kappa shape index (κ1) is 23.5. The normalized spacial score (nSPS) is 22.6. The molecule has 2 fully saturated rings. The number of likely N-dealkylation sites (N-methyl/N-ethyl adjacent to an activating group) is 1. The van der Waals surface area contributed by atoms with Crippen molar-refractivity contribution in [2.45, 2.75) is 19.0 Å². The largest absolute Gasteiger partial charge is 0.369 e. The fourth-order valence-electron chi connectivity index (χ4n) is 3.53. The molecule has 2 heterocycles. The van der Waals surface area contributed by atoms with Gasteiger partial charge in [-0.2, -0.15) is 0 Å². The molecular formula is C18H29ClIN5O2S. The van der Waals surface area contributed by atoms with E-state index in [9.17, 15) is 8.42 Å². The fourth-order valence-corrected chi connectivity index (χ4v) is 5.44. The van der Waals surface area contributed by atoms with E-state index in [1.54, 1.807) is 7.05 Å². The van der Waals surface area contributed by atoms with Crippen molar-refractivity contribution in [2.24, 2.45) is 4.99 Å². The second-order valence-electron chi connectivity index (χ2n) is 7.20. The minimum absolute atomic E-state index is 0. The van der Waals surface area contributed by atoms with Crippen LogP contribution in [0, 0.1) is 0 Å². The van der Waals surface area contributed by atoms with Crippen molar-refractivity contribution >= 4 is 57.1 Å². The summed E-state index contributed by atoms with van der Waals surface area (Å²) in [6.07, 6.45) is 0.613. The highest BCUT2D eigenvalue weighted by molar-refractivity contribution is 14.0. The van der Waals surface area contributed by atoms with Gasteiger partial charge in [0.15, 0.2) is 15.8 Å². The summed E-state index contributed by atoms with van der Waals surface area (Å²) in [5.41, 5.74) is 2.17. The third kappa shape index (κ3) is 6.11. The number of anilines is 1. The van der Waals surface area contributed by atoms with Crippen molar-refractivity contribution < 1.29 is 8.42 Å². The fraction of sp³-hybridized carbons (Fsp3) is 0.611. The zero-order valence-electron chi connectivity index (χ0n) is 16.3.